The summed E-state index contributed by atoms with van der Waals surface area (Å²) in [6.07, 6.45) is 3.98. The molecule has 2 atom stereocenters. The van der Waals surface area contributed by atoms with E-state index < -0.39 is 21.2 Å². The minimum atomic E-state index is -3.92. The molecule has 0 saturated heterocycles. The van der Waals surface area contributed by atoms with Gasteiger partial charge in [0.05, 0.1) is 24.6 Å². The second-order valence-electron chi connectivity index (χ2n) is 8.78. The van der Waals surface area contributed by atoms with Crippen LogP contribution in [0.1, 0.15) is 55.1 Å². The molecule has 37 heavy (non-hydrogen) atoms. The van der Waals surface area contributed by atoms with Crippen molar-refractivity contribution < 1.29 is 17.7 Å². The first kappa shape index (κ1) is 26.2. The van der Waals surface area contributed by atoms with E-state index in [2.05, 4.69) is 35.0 Å². The van der Waals surface area contributed by atoms with E-state index in [1.165, 1.54) is 7.11 Å². The molecule has 13 heteroatoms. The minimum Gasteiger partial charge on any atom is -0.481 e. The smallest absolute Gasteiger partial charge is 0.238 e. The van der Waals surface area contributed by atoms with Crippen molar-refractivity contribution in [3.8, 4) is 17.4 Å². The van der Waals surface area contributed by atoms with Gasteiger partial charge in [-0.15, -0.1) is 10.2 Å². The molecule has 0 fully saturated rings. The third-order valence-corrected chi connectivity index (χ3v) is 8.12. The van der Waals surface area contributed by atoms with Gasteiger partial charge in [-0.25, -0.2) is 23.4 Å². The van der Waals surface area contributed by atoms with Crippen LogP contribution in [0.3, 0.4) is 0 Å². The van der Waals surface area contributed by atoms with E-state index >= 15 is 0 Å². The van der Waals surface area contributed by atoms with Crippen LogP contribution < -0.4 is 9.46 Å². The fraction of sp³-hybridized carbons (Fsp3) is 0.417. The number of sulfonamides is 1. The first-order chi connectivity index (χ1) is 17.6. The molecule has 0 saturated carbocycles. The number of anilines is 1. The summed E-state index contributed by atoms with van der Waals surface area (Å²) >= 11 is 0. The Bertz CT molecular complexity index is 1480. The van der Waals surface area contributed by atoms with Crippen LogP contribution in [-0.2, 0) is 23.0 Å². The van der Waals surface area contributed by atoms with Crippen LogP contribution in [0.4, 0.5) is 5.95 Å². The number of nitrogens with zero attached hydrogens (tertiary/aromatic N) is 7. The first-order valence-corrected chi connectivity index (χ1v) is 13.4. The summed E-state index contributed by atoms with van der Waals surface area (Å²) in [6.45, 7) is 9.27. The summed E-state index contributed by atoms with van der Waals surface area (Å²) in [5, 5.41) is 11.7. The van der Waals surface area contributed by atoms with Crippen molar-refractivity contribution in [2.24, 2.45) is 0 Å². The summed E-state index contributed by atoms with van der Waals surface area (Å²) in [7, 11) is -2.40. The zero-order chi connectivity index (χ0) is 26.7. The molecule has 4 aromatic heterocycles. The van der Waals surface area contributed by atoms with Gasteiger partial charge in [-0.3, -0.25) is 9.29 Å². The fourth-order valence-corrected chi connectivity index (χ4v) is 5.03. The molecule has 0 spiro atoms. The van der Waals surface area contributed by atoms with Crippen LogP contribution >= 0.6 is 0 Å². The molecule has 4 rings (SSSR count). The highest BCUT2D eigenvalue weighted by Gasteiger charge is 2.31. The predicted octanol–water partition coefficient (Wildman–Crippen LogP) is 3.29. The number of nitrogens with one attached hydrogen (secondary N) is 1. The molecule has 0 aliphatic carbocycles. The molecule has 0 aromatic carbocycles. The highest BCUT2D eigenvalue weighted by atomic mass is 32.2. The summed E-state index contributed by atoms with van der Waals surface area (Å²) in [5.41, 5.74) is 2.95. The SMILES string of the molecule is CCc1noc(C)c1Cn1c(NS(=O)(=O)[C@@H](C)[C@H](C)c2ncc(C)cn2)nnc1-c1cccc(OC)n1. The molecule has 0 radical (unpaired) electrons. The first-order valence-electron chi connectivity index (χ1n) is 11.8. The fourth-order valence-electron chi connectivity index (χ4n) is 3.78. The van der Waals surface area contributed by atoms with Crippen molar-refractivity contribution in [2.45, 2.75) is 58.8 Å². The highest BCUT2D eigenvalue weighted by Crippen LogP contribution is 2.27. The molecular weight excluding hydrogens is 496 g/mol. The molecule has 1 N–H and O–H groups in total. The van der Waals surface area contributed by atoms with Crippen molar-refractivity contribution in [3.05, 3.63) is 59.0 Å². The second-order valence-corrected chi connectivity index (χ2v) is 10.8. The summed E-state index contributed by atoms with van der Waals surface area (Å²) in [5.74, 6) is 1.40. The minimum absolute atomic E-state index is 0.0474. The van der Waals surface area contributed by atoms with Crippen molar-refractivity contribution in [1.29, 1.82) is 0 Å². The maximum Gasteiger partial charge on any atom is 0.238 e. The van der Waals surface area contributed by atoms with Crippen molar-refractivity contribution in [2.75, 3.05) is 11.8 Å². The van der Waals surface area contributed by atoms with E-state index in [1.54, 1.807) is 49.0 Å². The average molecular weight is 527 g/mol. The normalized spacial score (nSPS) is 13.4. The number of aryl methyl sites for hydroxylation is 3. The van der Waals surface area contributed by atoms with Gasteiger partial charge in [0.2, 0.25) is 21.9 Å². The van der Waals surface area contributed by atoms with Crippen LogP contribution in [0, 0.1) is 13.8 Å². The van der Waals surface area contributed by atoms with Crippen LogP contribution in [0.2, 0.25) is 0 Å². The standard InChI is InChI=1S/C24H30N8O4S/c1-7-19-18(16(4)36-30-19)13-32-23(20-9-8-10-21(27-20)35-6)28-29-24(32)31-37(33,34)17(5)15(3)22-25-11-14(2)12-26-22/h8-12,15,17H,7,13H2,1-6H3,(H,29,31)/t15-,17-/m0/s1. The van der Waals surface area contributed by atoms with Gasteiger partial charge < -0.3 is 9.26 Å². The summed E-state index contributed by atoms with van der Waals surface area (Å²) < 4.78 is 41.8. The lowest BCUT2D eigenvalue weighted by molar-refractivity contribution is 0.390. The Morgan fingerprint density at radius 2 is 1.86 bits per heavy atom. The lowest BCUT2D eigenvalue weighted by Gasteiger charge is -2.20. The summed E-state index contributed by atoms with van der Waals surface area (Å²) in [4.78, 5) is 13.1. The Morgan fingerprint density at radius 1 is 1.14 bits per heavy atom. The maximum absolute atomic E-state index is 13.5. The quantitative estimate of drug-likeness (QED) is 0.326. The van der Waals surface area contributed by atoms with E-state index in [0.717, 1.165) is 16.8 Å². The number of pyridine rings is 1. The molecule has 4 aromatic rings. The van der Waals surface area contributed by atoms with Gasteiger partial charge in [-0.1, -0.05) is 25.1 Å². The molecular formula is C24H30N8O4S. The van der Waals surface area contributed by atoms with Gasteiger partial charge in [0.1, 0.15) is 17.3 Å². The average Bonchev–Trinajstić information content (AvgIpc) is 3.46. The number of hydrogen-bond donors (Lipinski definition) is 1. The number of aromatic nitrogens is 7. The topological polar surface area (TPSA) is 151 Å². The van der Waals surface area contributed by atoms with Crippen LogP contribution in [-0.4, -0.2) is 55.7 Å². The van der Waals surface area contributed by atoms with Crippen LogP contribution in [0.5, 0.6) is 5.88 Å². The van der Waals surface area contributed by atoms with Gasteiger partial charge in [-0.05, 0) is 38.8 Å². The van der Waals surface area contributed by atoms with Gasteiger partial charge in [0, 0.05) is 29.9 Å². The molecule has 0 unspecified atom stereocenters. The number of methoxy groups -OCH3 is 1. The Balaban J connectivity index is 1.73. The second kappa shape index (κ2) is 10.6. The lowest BCUT2D eigenvalue weighted by atomic mass is 10.1. The van der Waals surface area contributed by atoms with Crippen LogP contribution in [0.25, 0.3) is 11.5 Å². The van der Waals surface area contributed by atoms with E-state index in [-0.39, 0.29) is 12.5 Å². The highest BCUT2D eigenvalue weighted by molar-refractivity contribution is 7.93. The molecule has 0 aliphatic rings. The molecule has 12 nitrogen and oxygen atoms in total. The maximum atomic E-state index is 13.5. The van der Waals surface area contributed by atoms with Gasteiger partial charge in [-0.2, -0.15) is 0 Å². The zero-order valence-electron chi connectivity index (χ0n) is 21.6. The Morgan fingerprint density at radius 3 is 2.54 bits per heavy atom. The molecule has 196 valence electrons. The Labute approximate surface area is 215 Å². The number of hydrogen-bond acceptors (Lipinski definition) is 10. The number of ether oxygens (including phenoxy) is 1. The third-order valence-electron chi connectivity index (χ3n) is 6.27. The lowest BCUT2D eigenvalue weighted by Crippen LogP contribution is -2.31. The monoisotopic (exact) mass is 526 g/mol. The van der Waals surface area contributed by atoms with Crippen molar-refractivity contribution in [1.82, 2.24) is 34.9 Å². The van der Waals surface area contributed by atoms with Gasteiger partial charge >= 0.3 is 0 Å². The van der Waals surface area contributed by atoms with Gasteiger partial charge in [0.15, 0.2) is 5.82 Å². The summed E-state index contributed by atoms with van der Waals surface area (Å²) in [6, 6.07) is 5.24. The van der Waals surface area contributed by atoms with Gasteiger partial charge in [0.25, 0.3) is 0 Å². The van der Waals surface area contributed by atoms with Crippen molar-refractivity contribution in [3.63, 3.8) is 0 Å². The van der Waals surface area contributed by atoms with E-state index in [0.29, 0.717) is 35.4 Å². The largest absolute Gasteiger partial charge is 0.481 e. The predicted molar refractivity (Wildman–Crippen MR) is 137 cm³/mol. The van der Waals surface area contributed by atoms with Crippen molar-refractivity contribution >= 4 is 16.0 Å². The van der Waals surface area contributed by atoms with E-state index in [4.69, 9.17) is 9.26 Å². The molecule has 0 bridgehead atoms. The van der Waals surface area contributed by atoms with E-state index in [1.807, 2.05) is 20.8 Å². The Hall–Kier alpha value is -3.87. The van der Waals surface area contributed by atoms with E-state index in [9.17, 15) is 8.42 Å². The van der Waals surface area contributed by atoms with Crippen LogP contribution in [0.15, 0.2) is 35.1 Å². The number of rotatable bonds is 10. The Kier molecular flexibility index (Phi) is 7.52. The molecule has 4 heterocycles. The zero-order valence-corrected chi connectivity index (χ0v) is 22.4. The molecule has 0 aliphatic heterocycles. The third kappa shape index (κ3) is 5.45. The molecule has 0 amide bonds.